The van der Waals surface area contributed by atoms with Crippen LogP contribution in [0.2, 0.25) is 0 Å². The fourth-order valence-corrected chi connectivity index (χ4v) is 3.67. The van der Waals surface area contributed by atoms with E-state index in [2.05, 4.69) is 39.4 Å². The van der Waals surface area contributed by atoms with E-state index in [1.807, 2.05) is 17.2 Å². The predicted molar refractivity (Wildman–Crippen MR) is 94.4 cm³/mol. The highest BCUT2D eigenvalue weighted by atomic mass is 16.5. The molecular formula is C19H24N4O2. The summed E-state index contributed by atoms with van der Waals surface area (Å²) in [4.78, 5) is 14.3. The molecule has 1 saturated heterocycles. The molecule has 1 fully saturated rings. The largest absolute Gasteiger partial charge is 0.378 e. The van der Waals surface area contributed by atoms with Crippen LogP contribution < -0.4 is 5.32 Å². The van der Waals surface area contributed by atoms with Gasteiger partial charge in [0, 0.05) is 24.3 Å². The Morgan fingerprint density at radius 1 is 1.24 bits per heavy atom. The molecule has 2 heterocycles. The number of morpholine rings is 1. The van der Waals surface area contributed by atoms with Gasteiger partial charge in [-0.05, 0) is 24.8 Å². The number of urea groups is 1. The first-order valence-corrected chi connectivity index (χ1v) is 9.03. The predicted octanol–water partition coefficient (Wildman–Crippen LogP) is 2.35. The van der Waals surface area contributed by atoms with Crippen molar-refractivity contribution in [3.8, 4) is 0 Å². The fourth-order valence-electron chi connectivity index (χ4n) is 3.67. The van der Waals surface area contributed by atoms with Gasteiger partial charge >= 0.3 is 6.03 Å². The van der Waals surface area contributed by atoms with Gasteiger partial charge in [-0.1, -0.05) is 30.3 Å². The molecule has 1 aliphatic heterocycles. The summed E-state index contributed by atoms with van der Waals surface area (Å²) in [6.07, 6.45) is 5.00. The Bertz CT molecular complexity index is 722. The van der Waals surface area contributed by atoms with E-state index in [9.17, 15) is 4.79 Å². The van der Waals surface area contributed by atoms with Gasteiger partial charge in [0.15, 0.2) is 0 Å². The first-order chi connectivity index (χ1) is 12.3. The number of fused-ring (bicyclic) bond motifs is 1. The van der Waals surface area contributed by atoms with E-state index in [1.165, 1.54) is 16.8 Å². The second-order valence-electron chi connectivity index (χ2n) is 6.68. The number of carbonyl (C=O) groups excluding carboxylic acids is 1. The monoisotopic (exact) mass is 340 g/mol. The summed E-state index contributed by atoms with van der Waals surface area (Å²) in [6, 6.07) is 10.4. The highest BCUT2D eigenvalue weighted by Gasteiger charge is 2.27. The molecule has 25 heavy (non-hydrogen) atoms. The number of nitrogens with zero attached hydrogens (tertiary/aromatic N) is 3. The van der Waals surface area contributed by atoms with Crippen molar-refractivity contribution in [3.63, 3.8) is 0 Å². The van der Waals surface area contributed by atoms with E-state index in [0.717, 1.165) is 25.8 Å². The number of rotatable bonds is 3. The molecule has 0 spiro atoms. The molecule has 6 heteroatoms. The van der Waals surface area contributed by atoms with Gasteiger partial charge in [-0.2, -0.15) is 5.10 Å². The lowest BCUT2D eigenvalue weighted by Crippen LogP contribution is -2.47. The van der Waals surface area contributed by atoms with Crippen molar-refractivity contribution < 1.29 is 9.53 Å². The molecule has 132 valence electrons. The van der Waals surface area contributed by atoms with Crippen LogP contribution in [-0.4, -0.2) is 47.0 Å². The fraction of sp³-hybridized carbons (Fsp3) is 0.474. The Morgan fingerprint density at radius 3 is 2.84 bits per heavy atom. The smallest absolute Gasteiger partial charge is 0.318 e. The minimum atomic E-state index is 0.0111. The molecule has 1 N–H and O–H groups in total. The molecule has 0 bridgehead atoms. The van der Waals surface area contributed by atoms with Crippen LogP contribution in [0.1, 0.15) is 35.7 Å². The van der Waals surface area contributed by atoms with E-state index in [0.29, 0.717) is 26.3 Å². The summed E-state index contributed by atoms with van der Waals surface area (Å²) in [7, 11) is 0. The van der Waals surface area contributed by atoms with Gasteiger partial charge < -0.3 is 15.0 Å². The minimum absolute atomic E-state index is 0.0111. The molecule has 0 radical (unpaired) electrons. The number of nitrogens with one attached hydrogen (secondary N) is 1. The van der Waals surface area contributed by atoms with Crippen molar-refractivity contribution in [2.75, 3.05) is 26.3 Å². The Labute approximate surface area is 147 Å². The normalized spacial score (nSPS) is 20.2. The summed E-state index contributed by atoms with van der Waals surface area (Å²) in [6.45, 7) is 3.36. The third-order valence-corrected chi connectivity index (χ3v) is 5.03. The molecule has 1 aliphatic carbocycles. The highest BCUT2D eigenvalue weighted by Crippen LogP contribution is 2.30. The van der Waals surface area contributed by atoms with Gasteiger partial charge in [0.2, 0.25) is 0 Å². The molecule has 4 rings (SSSR count). The molecule has 2 aromatic rings. The average molecular weight is 340 g/mol. The maximum atomic E-state index is 12.5. The molecule has 1 atom stereocenters. The topological polar surface area (TPSA) is 59.4 Å². The number of carbonyl (C=O) groups is 1. The Hall–Kier alpha value is -2.34. The summed E-state index contributed by atoms with van der Waals surface area (Å²) >= 11 is 0. The number of aromatic nitrogens is 2. The minimum Gasteiger partial charge on any atom is -0.378 e. The van der Waals surface area contributed by atoms with Crippen molar-refractivity contribution in [3.05, 3.63) is 53.3 Å². The lowest BCUT2D eigenvalue weighted by atomic mass is 9.93. The third-order valence-electron chi connectivity index (χ3n) is 5.03. The first-order valence-electron chi connectivity index (χ1n) is 9.03. The molecule has 1 aromatic carbocycles. The van der Waals surface area contributed by atoms with Crippen LogP contribution in [0.4, 0.5) is 4.79 Å². The number of benzene rings is 1. The van der Waals surface area contributed by atoms with Crippen LogP contribution in [0, 0.1) is 0 Å². The van der Waals surface area contributed by atoms with Gasteiger partial charge in [0.25, 0.3) is 0 Å². The number of amides is 2. The van der Waals surface area contributed by atoms with E-state index in [1.54, 1.807) is 0 Å². The van der Waals surface area contributed by atoms with Crippen molar-refractivity contribution in [2.24, 2.45) is 0 Å². The number of hydrogen-bond acceptors (Lipinski definition) is 3. The van der Waals surface area contributed by atoms with Gasteiger partial charge in [0.1, 0.15) is 0 Å². The summed E-state index contributed by atoms with van der Waals surface area (Å²) in [5.74, 6) is 0. The zero-order valence-electron chi connectivity index (χ0n) is 14.4. The molecule has 1 unspecified atom stereocenters. The highest BCUT2D eigenvalue weighted by molar-refractivity contribution is 5.75. The summed E-state index contributed by atoms with van der Waals surface area (Å²) in [5, 5.41) is 7.79. The molecule has 2 amide bonds. The van der Waals surface area contributed by atoms with Crippen LogP contribution in [-0.2, 0) is 17.7 Å². The molecule has 1 aromatic heterocycles. The van der Waals surface area contributed by atoms with E-state index >= 15 is 0 Å². The van der Waals surface area contributed by atoms with E-state index in [-0.39, 0.29) is 12.1 Å². The SMILES string of the molecule is O=C(NC1CCCc2c1cnn2Cc1ccccc1)N1CCOCC1. The summed E-state index contributed by atoms with van der Waals surface area (Å²) in [5.41, 5.74) is 3.67. The lowest BCUT2D eigenvalue weighted by molar-refractivity contribution is 0.0523. The quantitative estimate of drug-likeness (QED) is 0.933. The van der Waals surface area contributed by atoms with E-state index < -0.39 is 0 Å². The van der Waals surface area contributed by atoms with Crippen LogP contribution in [0.3, 0.4) is 0 Å². The van der Waals surface area contributed by atoms with Gasteiger partial charge in [-0.3, -0.25) is 4.68 Å². The zero-order chi connectivity index (χ0) is 17.1. The maximum Gasteiger partial charge on any atom is 0.318 e. The number of ether oxygens (including phenoxy) is 1. The van der Waals surface area contributed by atoms with E-state index in [4.69, 9.17) is 4.74 Å². The van der Waals surface area contributed by atoms with Crippen molar-refractivity contribution in [2.45, 2.75) is 31.8 Å². The molecule has 2 aliphatic rings. The third kappa shape index (κ3) is 3.54. The average Bonchev–Trinajstić information content (AvgIpc) is 3.07. The van der Waals surface area contributed by atoms with Crippen molar-refractivity contribution in [1.29, 1.82) is 0 Å². The Balaban J connectivity index is 1.47. The van der Waals surface area contributed by atoms with Crippen LogP contribution >= 0.6 is 0 Å². The van der Waals surface area contributed by atoms with Crippen molar-refractivity contribution in [1.82, 2.24) is 20.0 Å². The maximum absolute atomic E-state index is 12.5. The second kappa shape index (κ2) is 7.27. The lowest BCUT2D eigenvalue weighted by Gasteiger charge is -2.30. The number of hydrogen-bond donors (Lipinski definition) is 1. The van der Waals surface area contributed by atoms with Gasteiger partial charge in [0.05, 0.1) is 32.0 Å². The van der Waals surface area contributed by atoms with Crippen LogP contribution in [0.25, 0.3) is 0 Å². The second-order valence-corrected chi connectivity index (χ2v) is 6.68. The Morgan fingerprint density at radius 2 is 2.04 bits per heavy atom. The van der Waals surface area contributed by atoms with Gasteiger partial charge in [-0.25, -0.2) is 4.79 Å². The van der Waals surface area contributed by atoms with Crippen LogP contribution in [0.15, 0.2) is 36.5 Å². The van der Waals surface area contributed by atoms with Crippen molar-refractivity contribution >= 4 is 6.03 Å². The molecule has 0 saturated carbocycles. The zero-order valence-corrected chi connectivity index (χ0v) is 14.4. The Kier molecular flexibility index (Phi) is 4.70. The molecule has 6 nitrogen and oxygen atoms in total. The summed E-state index contributed by atoms with van der Waals surface area (Å²) < 4.78 is 7.40. The standard InChI is InChI=1S/C19H24N4O2/c24-19(22-9-11-25-12-10-22)21-17-7-4-8-18-16(17)13-20-23(18)14-15-5-2-1-3-6-15/h1-3,5-6,13,17H,4,7-12,14H2,(H,21,24). The van der Waals surface area contributed by atoms with Gasteiger partial charge in [-0.15, -0.1) is 0 Å². The van der Waals surface area contributed by atoms with Crippen LogP contribution in [0.5, 0.6) is 0 Å². The molecular weight excluding hydrogens is 316 g/mol. The first kappa shape index (κ1) is 16.1.